The molecule has 2 heterocycles. The Morgan fingerprint density at radius 1 is 1.30 bits per heavy atom. The minimum absolute atomic E-state index is 0.00724. The number of hydrogen-bond donors (Lipinski definition) is 2. The highest BCUT2D eigenvalue weighted by Crippen LogP contribution is 2.35. The van der Waals surface area contributed by atoms with Crippen LogP contribution in [0.1, 0.15) is 48.1 Å². The molecule has 0 amide bonds. The minimum atomic E-state index is 0.00724. The van der Waals surface area contributed by atoms with Crippen molar-refractivity contribution in [1.82, 2.24) is 9.97 Å². The predicted molar refractivity (Wildman–Crippen MR) is 120 cm³/mol. The second kappa shape index (κ2) is 8.40. The number of nitrogens with zero attached hydrogens (tertiary/aromatic N) is 1. The Kier molecular flexibility index (Phi) is 5.84. The highest BCUT2D eigenvalue weighted by Gasteiger charge is 2.25. The third-order valence-electron chi connectivity index (χ3n) is 6.26. The van der Waals surface area contributed by atoms with Crippen molar-refractivity contribution in [3.63, 3.8) is 0 Å². The van der Waals surface area contributed by atoms with Crippen LogP contribution >= 0.6 is 11.3 Å². The molecule has 1 aromatic carbocycles. The number of thiophene rings is 1. The summed E-state index contributed by atoms with van der Waals surface area (Å²) >= 11 is 1.70. The number of nitrogens with one attached hydrogen (secondary N) is 2. The van der Waals surface area contributed by atoms with Gasteiger partial charge in [-0.2, -0.15) is 0 Å². The molecule has 0 spiro atoms. The highest BCUT2D eigenvalue weighted by molar-refractivity contribution is 7.18. The molecule has 0 saturated carbocycles. The molecule has 0 bridgehead atoms. The molecule has 3 aromatic rings. The van der Waals surface area contributed by atoms with Crippen molar-refractivity contribution >= 4 is 21.6 Å². The maximum Gasteiger partial charge on any atom is 0.260 e. The van der Waals surface area contributed by atoms with E-state index in [2.05, 4.69) is 25.9 Å². The Hall–Kier alpha value is -2.38. The fourth-order valence-corrected chi connectivity index (χ4v) is 5.66. The molecule has 6 nitrogen and oxygen atoms in total. The van der Waals surface area contributed by atoms with Crippen LogP contribution < -0.4 is 19.9 Å². The van der Waals surface area contributed by atoms with Crippen molar-refractivity contribution in [2.45, 2.75) is 45.7 Å². The van der Waals surface area contributed by atoms with E-state index in [9.17, 15) is 4.79 Å². The van der Waals surface area contributed by atoms with E-state index < -0.39 is 0 Å². The number of quaternary nitrogens is 1. The Balaban J connectivity index is 1.60. The zero-order valence-corrected chi connectivity index (χ0v) is 19.1. The van der Waals surface area contributed by atoms with Crippen molar-refractivity contribution in [3.8, 4) is 11.5 Å². The first-order valence-electron chi connectivity index (χ1n) is 10.5. The zero-order chi connectivity index (χ0) is 21.4. The van der Waals surface area contributed by atoms with E-state index in [1.54, 1.807) is 25.6 Å². The molecule has 4 rings (SSSR count). The maximum atomic E-state index is 12.9. The van der Waals surface area contributed by atoms with Crippen molar-refractivity contribution in [3.05, 3.63) is 50.4 Å². The molecule has 0 aliphatic heterocycles. The Morgan fingerprint density at radius 3 is 2.80 bits per heavy atom. The smallest absolute Gasteiger partial charge is 0.260 e. The van der Waals surface area contributed by atoms with Crippen LogP contribution in [0.3, 0.4) is 0 Å². The quantitative estimate of drug-likeness (QED) is 0.634. The van der Waals surface area contributed by atoms with Gasteiger partial charge in [0.15, 0.2) is 17.3 Å². The van der Waals surface area contributed by atoms with Gasteiger partial charge in [0, 0.05) is 10.4 Å². The number of ether oxygens (including phenoxy) is 2. The molecular weight excluding hydrogens is 398 g/mol. The van der Waals surface area contributed by atoms with Crippen LogP contribution in [-0.2, 0) is 19.4 Å². The van der Waals surface area contributed by atoms with Crippen molar-refractivity contribution in [2.75, 3.05) is 21.3 Å². The molecule has 1 aliphatic carbocycles. The number of aryl methyl sites for hydroxylation is 1. The van der Waals surface area contributed by atoms with Crippen LogP contribution in [-0.4, -0.2) is 31.2 Å². The molecule has 2 N–H and O–H groups in total. The van der Waals surface area contributed by atoms with E-state index in [1.165, 1.54) is 15.3 Å². The summed E-state index contributed by atoms with van der Waals surface area (Å²) in [6.07, 6.45) is 3.19. The third-order valence-corrected chi connectivity index (χ3v) is 7.41. The van der Waals surface area contributed by atoms with Gasteiger partial charge in [0.1, 0.15) is 17.4 Å². The van der Waals surface area contributed by atoms with E-state index in [0.29, 0.717) is 5.92 Å². The van der Waals surface area contributed by atoms with Gasteiger partial charge in [0.05, 0.1) is 26.7 Å². The number of aromatic nitrogens is 2. The average Bonchev–Trinajstić information content (AvgIpc) is 3.10. The van der Waals surface area contributed by atoms with Gasteiger partial charge in [0.25, 0.3) is 5.56 Å². The van der Waals surface area contributed by atoms with Gasteiger partial charge in [-0.05, 0) is 55.9 Å². The van der Waals surface area contributed by atoms with E-state index >= 15 is 0 Å². The second-order valence-corrected chi connectivity index (χ2v) is 9.50. The summed E-state index contributed by atoms with van der Waals surface area (Å²) in [6.45, 7) is 5.17. The molecule has 1 unspecified atom stereocenters. The van der Waals surface area contributed by atoms with Gasteiger partial charge in [0.2, 0.25) is 0 Å². The van der Waals surface area contributed by atoms with Crippen LogP contribution in [0.15, 0.2) is 23.0 Å². The number of H-pyrrole nitrogens is 1. The summed E-state index contributed by atoms with van der Waals surface area (Å²) in [5.74, 6) is 2.87. The summed E-state index contributed by atoms with van der Waals surface area (Å²) in [7, 11) is 5.40. The van der Waals surface area contributed by atoms with Crippen molar-refractivity contribution in [2.24, 2.45) is 5.92 Å². The molecule has 30 heavy (non-hydrogen) atoms. The van der Waals surface area contributed by atoms with Crippen LogP contribution in [0.2, 0.25) is 0 Å². The van der Waals surface area contributed by atoms with Crippen LogP contribution in [0.5, 0.6) is 11.5 Å². The molecule has 2 aromatic heterocycles. The van der Waals surface area contributed by atoms with E-state index in [1.807, 2.05) is 18.2 Å². The van der Waals surface area contributed by atoms with Crippen molar-refractivity contribution < 1.29 is 14.4 Å². The number of benzene rings is 1. The summed E-state index contributed by atoms with van der Waals surface area (Å²) in [4.78, 5) is 24.4. The van der Waals surface area contributed by atoms with Gasteiger partial charge in [-0.3, -0.25) is 4.79 Å². The molecule has 0 saturated heterocycles. The normalized spacial score (nSPS) is 18.1. The first-order chi connectivity index (χ1) is 14.4. The lowest BCUT2D eigenvalue weighted by Crippen LogP contribution is -3.07. The number of rotatable bonds is 6. The first-order valence-corrected chi connectivity index (χ1v) is 11.3. The Labute approximate surface area is 180 Å². The monoisotopic (exact) mass is 428 g/mol. The largest absolute Gasteiger partial charge is 0.493 e. The van der Waals surface area contributed by atoms with Gasteiger partial charge in [-0.15, -0.1) is 11.3 Å². The number of hydrogen-bond acceptors (Lipinski definition) is 5. The summed E-state index contributed by atoms with van der Waals surface area (Å²) < 4.78 is 10.7. The first kappa shape index (κ1) is 20.9. The molecular formula is C23H30N3O3S+. The molecule has 1 aliphatic rings. The lowest BCUT2D eigenvalue weighted by Gasteiger charge is -2.21. The predicted octanol–water partition coefficient (Wildman–Crippen LogP) is 2.90. The minimum Gasteiger partial charge on any atom is -0.493 e. The summed E-state index contributed by atoms with van der Waals surface area (Å²) in [5.41, 5.74) is 2.38. The number of methoxy groups -OCH3 is 2. The number of fused-ring (bicyclic) bond motifs is 3. The van der Waals surface area contributed by atoms with Gasteiger partial charge >= 0.3 is 0 Å². The van der Waals surface area contributed by atoms with E-state index in [-0.39, 0.29) is 11.6 Å². The van der Waals surface area contributed by atoms with Crippen molar-refractivity contribution in [1.29, 1.82) is 0 Å². The van der Waals surface area contributed by atoms with Gasteiger partial charge in [-0.25, -0.2) is 4.98 Å². The average molecular weight is 429 g/mol. The van der Waals surface area contributed by atoms with Gasteiger partial charge in [-0.1, -0.05) is 6.92 Å². The Morgan fingerprint density at radius 2 is 2.07 bits per heavy atom. The fourth-order valence-electron chi connectivity index (χ4n) is 4.27. The molecule has 3 atom stereocenters. The highest BCUT2D eigenvalue weighted by atomic mass is 32.1. The van der Waals surface area contributed by atoms with Crippen LogP contribution in [0, 0.1) is 5.92 Å². The van der Waals surface area contributed by atoms with E-state index in [0.717, 1.165) is 58.9 Å². The second-order valence-electron chi connectivity index (χ2n) is 8.42. The van der Waals surface area contributed by atoms with Crippen LogP contribution in [0.25, 0.3) is 10.2 Å². The molecule has 0 fully saturated rings. The lowest BCUT2D eigenvalue weighted by molar-refractivity contribution is -0.924. The summed E-state index contributed by atoms with van der Waals surface area (Å²) in [6, 6.07) is 6.03. The van der Waals surface area contributed by atoms with E-state index in [4.69, 9.17) is 14.5 Å². The molecule has 7 heteroatoms. The SMILES string of the molecule is COc1ccc(C[NH+](C)[C@H](C)c2nc3sc4c(c3c(=O)[nH]2)CC[C@H](C)C4)cc1OC. The topological polar surface area (TPSA) is 68.7 Å². The molecule has 0 radical (unpaired) electrons. The Bertz CT molecular complexity index is 1120. The fraction of sp³-hybridized carbons (Fsp3) is 0.478. The standard InChI is InChI=1S/C23H29N3O3S/c1-13-6-8-16-19(10-13)30-23-20(16)22(27)24-21(25-23)14(2)26(3)12-15-7-9-17(28-4)18(11-15)29-5/h7,9,11,13-14H,6,8,10,12H2,1-5H3,(H,24,25,27)/p+1/t13-,14+/m0/s1. The molecule has 160 valence electrons. The van der Waals surface area contributed by atoms with Crippen LogP contribution in [0.4, 0.5) is 0 Å². The third kappa shape index (κ3) is 3.84. The number of aromatic amines is 1. The zero-order valence-electron chi connectivity index (χ0n) is 18.3. The van der Waals surface area contributed by atoms with Gasteiger partial charge < -0.3 is 19.4 Å². The summed E-state index contributed by atoms with van der Waals surface area (Å²) in [5, 5.41) is 0.815. The maximum absolute atomic E-state index is 12.9. The lowest BCUT2D eigenvalue weighted by atomic mass is 9.89.